The second-order valence-electron chi connectivity index (χ2n) is 4.43. The first-order valence-corrected chi connectivity index (χ1v) is 6.22. The van der Waals surface area contributed by atoms with Crippen molar-refractivity contribution < 1.29 is 9.41 Å². The van der Waals surface area contributed by atoms with E-state index in [1.54, 1.807) is 17.2 Å². The van der Waals surface area contributed by atoms with Gasteiger partial charge >= 0.3 is 0 Å². The Morgan fingerprint density at radius 3 is 2.44 bits per heavy atom. The van der Waals surface area contributed by atoms with Crippen LogP contribution in [0.15, 0.2) is 24.3 Å². The molecule has 0 unspecified atom stereocenters. The lowest BCUT2D eigenvalue weighted by molar-refractivity contribution is -0.502. The molecule has 18 heavy (non-hydrogen) atoms. The standard InChI is InChI=1S/C13H21N4O/c1-15(18-2)12-7-3-4-8-13(12)17(14)11-16-9-5-6-10-16/h3-4,7-8,11H,5-6,9-10,14H2,1-2H3/q+1. The van der Waals surface area contributed by atoms with Crippen molar-refractivity contribution in [2.75, 3.05) is 37.3 Å². The summed E-state index contributed by atoms with van der Waals surface area (Å²) < 4.78 is 2.24. The lowest BCUT2D eigenvalue weighted by Crippen LogP contribution is -2.35. The fraction of sp³-hybridized carbons (Fsp3) is 0.462. The van der Waals surface area contributed by atoms with Crippen molar-refractivity contribution in [1.82, 2.24) is 0 Å². The number of nitrogens with two attached hydrogens (primary N) is 1. The third kappa shape index (κ3) is 2.80. The summed E-state index contributed by atoms with van der Waals surface area (Å²) in [6.07, 6.45) is 4.45. The molecule has 1 saturated heterocycles. The predicted octanol–water partition coefficient (Wildman–Crippen LogP) is 1.20. The Morgan fingerprint density at radius 1 is 1.22 bits per heavy atom. The van der Waals surface area contributed by atoms with Gasteiger partial charge < -0.3 is 0 Å². The summed E-state index contributed by atoms with van der Waals surface area (Å²) >= 11 is 0. The minimum Gasteiger partial charge on any atom is -0.277 e. The third-order valence-electron chi connectivity index (χ3n) is 3.20. The summed E-state index contributed by atoms with van der Waals surface area (Å²) in [5.41, 5.74) is 1.87. The first-order valence-electron chi connectivity index (χ1n) is 6.22. The van der Waals surface area contributed by atoms with Crippen molar-refractivity contribution in [3.63, 3.8) is 0 Å². The van der Waals surface area contributed by atoms with Crippen LogP contribution < -0.4 is 15.9 Å². The lowest BCUT2D eigenvalue weighted by Gasteiger charge is -2.19. The maximum Gasteiger partial charge on any atom is 0.257 e. The summed E-state index contributed by atoms with van der Waals surface area (Å²) in [6, 6.07) is 7.91. The number of para-hydroxylation sites is 2. The molecule has 1 fully saturated rings. The number of rotatable bonds is 4. The predicted molar refractivity (Wildman–Crippen MR) is 73.8 cm³/mol. The highest BCUT2D eigenvalue weighted by Crippen LogP contribution is 2.26. The average Bonchev–Trinajstić information content (AvgIpc) is 2.90. The fourth-order valence-electron chi connectivity index (χ4n) is 2.14. The van der Waals surface area contributed by atoms with E-state index in [1.165, 1.54) is 12.8 Å². The van der Waals surface area contributed by atoms with Crippen LogP contribution in [-0.2, 0) is 4.84 Å². The Hall–Kier alpha value is -1.59. The number of hydrazine groups is 1. The second kappa shape index (κ2) is 5.84. The molecule has 0 spiro atoms. The molecule has 2 rings (SSSR count). The van der Waals surface area contributed by atoms with E-state index >= 15 is 0 Å². The molecular formula is C13H21N4O+. The summed E-state index contributed by atoms with van der Waals surface area (Å²) in [5.74, 6) is 6.12. The zero-order chi connectivity index (χ0) is 13.0. The number of anilines is 2. The van der Waals surface area contributed by atoms with Gasteiger partial charge in [-0.1, -0.05) is 12.1 Å². The number of hydrogen-bond acceptors (Lipinski definition) is 3. The number of hydrogen-bond donors (Lipinski definition) is 1. The van der Waals surface area contributed by atoms with Gasteiger partial charge in [-0.3, -0.25) is 14.5 Å². The van der Waals surface area contributed by atoms with Crippen molar-refractivity contribution in [2.45, 2.75) is 12.8 Å². The van der Waals surface area contributed by atoms with E-state index in [4.69, 9.17) is 10.7 Å². The summed E-state index contributed by atoms with van der Waals surface area (Å²) in [4.78, 5) is 5.22. The van der Waals surface area contributed by atoms with Crippen molar-refractivity contribution in [2.24, 2.45) is 5.84 Å². The van der Waals surface area contributed by atoms with Crippen LogP contribution in [0, 0.1) is 0 Å². The van der Waals surface area contributed by atoms with Gasteiger partial charge in [0.2, 0.25) is 0 Å². The normalized spacial score (nSPS) is 14.7. The SMILES string of the molecule is CON(C)c1ccccc1N(N)C=[N+]1CCCC1. The third-order valence-corrected chi connectivity index (χ3v) is 3.20. The van der Waals surface area contributed by atoms with Gasteiger partial charge in [0, 0.05) is 7.05 Å². The molecule has 1 heterocycles. The Labute approximate surface area is 108 Å². The monoisotopic (exact) mass is 249 g/mol. The molecule has 0 saturated carbocycles. The first kappa shape index (κ1) is 12.9. The first-order chi connectivity index (χ1) is 8.72. The molecule has 1 aliphatic heterocycles. The summed E-state index contributed by atoms with van der Waals surface area (Å²) in [5, 5.41) is 3.36. The molecule has 0 bridgehead atoms. The molecule has 98 valence electrons. The zero-order valence-corrected chi connectivity index (χ0v) is 11.0. The van der Waals surface area contributed by atoms with Gasteiger partial charge in [0.25, 0.3) is 6.34 Å². The molecule has 5 nitrogen and oxygen atoms in total. The number of hydroxylamine groups is 1. The molecule has 5 heteroatoms. The molecule has 1 aromatic carbocycles. The topological polar surface area (TPSA) is 44.7 Å². The van der Waals surface area contributed by atoms with Gasteiger partial charge in [0.1, 0.15) is 5.69 Å². The van der Waals surface area contributed by atoms with Gasteiger partial charge in [0.15, 0.2) is 5.69 Å². The quantitative estimate of drug-likeness (QED) is 0.377. The molecule has 0 aliphatic carbocycles. The van der Waals surface area contributed by atoms with E-state index in [0.29, 0.717) is 0 Å². The highest BCUT2D eigenvalue weighted by molar-refractivity contribution is 5.82. The van der Waals surface area contributed by atoms with E-state index in [9.17, 15) is 0 Å². The molecule has 0 aromatic heterocycles. The van der Waals surface area contributed by atoms with Crippen molar-refractivity contribution in [3.8, 4) is 0 Å². The molecule has 1 aromatic rings. The van der Waals surface area contributed by atoms with Crippen LogP contribution in [0.3, 0.4) is 0 Å². The van der Waals surface area contributed by atoms with Crippen LogP contribution >= 0.6 is 0 Å². The summed E-state index contributed by atoms with van der Waals surface area (Å²) in [6.45, 7) is 2.16. The molecule has 0 atom stereocenters. The van der Waals surface area contributed by atoms with E-state index in [0.717, 1.165) is 24.5 Å². The maximum atomic E-state index is 6.12. The van der Waals surface area contributed by atoms with Gasteiger partial charge in [-0.25, -0.2) is 0 Å². The van der Waals surface area contributed by atoms with Crippen molar-refractivity contribution in [1.29, 1.82) is 0 Å². The largest absolute Gasteiger partial charge is 0.277 e. The van der Waals surface area contributed by atoms with Crippen LogP contribution in [0.1, 0.15) is 12.8 Å². The van der Waals surface area contributed by atoms with Gasteiger partial charge in [-0.15, -0.1) is 0 Å². The van der Waals surface area contributed by atoms with Crippen LogP contribution in [0.5, 0.6) is 0 Å². The molecular weight excluding hydrogens is 228 g/mol. The Morgan fingerprint density at radius 2 is 1.83 bits per heavy atom. The van der Waals surface area contributed by atoms with Crippen LogP contribution in [0.4, 0.5) is 11.4 Å². The van der Waals surface area contributed by atoms with Gasteiger partial charge in [-0.05, 0) is 25.0 Å². The molecule has 2 N–H and O–H groups in total. The Kier molecular flexibility index (Phi) is 4.17. The highest BCUT2D eigenvalue weighted by Gasteiger charge is 2.17. The maximum absolute atomic E-state index is 6.12. The molecule has 1 aliphatic rings. The van der Waals surface area contributed by atoms with Crippen LogP contribution in [0.25, 0.3) is 0 Å². The minimum atomic E-state index is 0.925. The number of benzene rings is 1. The smallest absolute Gasteiger partial charge is 0.257 e. The molecule has 0 radical (unpaired) electrons. The van der Waals surface area contributed by atoms with E-state index < -0.39 is 0 Å². The van der Waals surface area contributed by atoms with Crippen molar-refractivity contribution >= 4 is 17.7 Å². The average molecular weight is 249 g/mol. The lowest BCUT2D eigenvalue weighted by atomic mass is 10.2. The van der Waals surface area contributed by atoms with Crippen LogP contribution in [0.2, 0.25) is 0 Å². The van der Waals surface area contributed by atoms with E-state index in [1.807, 2.05) is 37.7 Å². The highest BCUT2D eigenvalue weighted by atomic mass is 16.7. The zero-order valence-electron chi connectivity index (χ0n) is 11.0. The van der Waals surface area contributed by atoms with Crippen LogP contribution in [-0.4, -0.2) is 38.2 Å². The second-order valence-corrected chi connectivity index (χ2v) is 4.43. The van der Waals surface area contributed by atoms with E-state index in [2.05, 4.69) is 4.58 Å². The Bertz CT molecular complexity index is 425. The van der Waals surface area contributed by atoms with Gasteiger partial charge in [-0.2, -0.15) is 10.9 Å². The fourth-order valence-corrected chi connectivity index (χ4v) is 2.14. The van der Waals surface area contributed by atoms with E-state index in [-0.39, 0.29) is 0 Å². The molecule has 0 amide bonds. The Balaban J connectivity index is 2.23. The summed E-state index contributed by atoms with van der Waals surface area (Å²) in [7, 11) is 3.50. The van der Waals surface area contributed by atoms with Gasteiger partial charge in [0.05, 0.1) is 20.2 Å². The van der Waals surface area contributed by atoms with Crippen molar-refractivity contribution in [3.05, 3.63) is 24.3 Å². The number of nitrogens with zero attached hydrogens (tertiary/aromatic N) is 3. The minimum absolute atomic E-state index is 0.925.